The fourth-order valence-electron chi connectivity index (χ4n) is 1.81. The van der Waals surface area contributed by atoms with Crippen LogP contribution in [-0.4, -0.2) is 44.9 Å². The summed E-state index contributed by atoms with van der Waals surface area (Å²) < 4.78 is 6.32. The first-order chi connectivity index (χ1) is 5.27. The van der Waals surface area contributed by atoms with Gasteiger partial charge in [0.15, 0.2) is 0 Å². The third-order valence-electron chi connectivity index (χ3n) is 2.73. The van der Waals surface area contributed by atoms with Gasteiger partial charge in [-0.25, -0.2) is 0 Å². The molecule has 1 rings (SSSR count). The maximum absolute atomic E-state index is 5.09. The highest BCUT2D eigenvalue weighted by Crippen LogP contribution is 2.15. The molecule has 0 aromatic rings. The third-order valence-corrected chi connectivity index (χ3v) is 2.73. The molecule has 0 aliphatic carbocycles. The van der Waals surface area contributed by atoms with Crippen LogP contribution in [-0.2, 0) is 4.74 Å². The molecule has 2 nitrogen and oxygen atoms in total. The van der Waals surface area contributed by atoms with E-state index in [1.807, 2.05) is 0 Å². The van der Waals surface area contributed by atoms with Crippen molar-refractivity contribution in [2.24, 2.45) is 0 Å². The van der Waals surface area contributed by atoms with Crippen LogP contribution in [0.5, 0.6) is 0 Å². The Hall–Kier alpha value is 0.210. The zero-order valence-corrected chi connectivity index (χ0v) is 8.94. The summed E-state index contributed by atoms with van der Waals surface area (Å²) in [7, 11) is 4.13. The van der Waals surface area contributed by atoms with Crippen molar-refractivity contribution in [3.8, 4) is 0 Å². The first-order valence-electron chi connectivity index (χ1n) is 4.59. The normalized spacial score (nSPS) is 21.5. The van der Waals surface area contributed by atoms with Gasteiger partial charge in [-0.15, -0.1) is 0 Å². The summed E-state index contributed by atoms with van der Waals surface area (Å²) >= 11 is 0. The molecule has 12 heavy (non-hydrogen) atoms. The SMILES string of the molecule is COCC[N+]1(C)CCCCC1.[Cl-]. The van der Waals surface area contributed by atoms with Crippen molar-refractivity contribution in [2.75, 3.05) is 40.4 Å². The average molecular weight is 194 g/mol. The van der Waals surface area contributed by atoms with Crippen LogP contribution in [0.25, 0.3) is 0 Å². The summed E-state index contributed by atoms with van der Waals surface area (Å²) in [6, 6.07) is 0. The highest BCUT2D eigenvalue weighted by atomic mass is 35.5. The molecule has 0 bridgehead atoms. The van der Waals surface area contributed by atoms with Gasteiger partial charge in [-0.1, -0.05) is 0 Å². The number of nitrogens with zero attached hydrogens (tertiary/aromatic N) is 1. The van der Waals surface area contributed by atoms with Crippen molar-refractivity contribution in [2.45, 2.75) is 19.3 Å². The van der Waals surface area contributed by atoms with Gasteiger partial charge in [0.2, 0.25) is 0 Å². The molecule has 1 aliphatic heterocycles. The number of quaternary nitrogens is 1. The van der Waals surface area contributed by atoms with E-state index in [0.29, 0.717) is 0 Å². The molecule has 0 atom stereocenters. The molecule has 0 aromatic heterocycles. The van der Waals surface area contributed by atoms with Gasteiger partial charge >= 0.3 is 0 Å². The lowest BCUT2D eigenvalue weighted by molar-refractivity contribution is -0.914. The molecular formula is C9H20ClNO. The number of ether oxygens (including phenoxy) is 1. The Labute approximate surface area is 81.9 Å². The van der Waals surface area contributed by atoms with Gasteiger partial charge in [0.25, 0.3) is 0 Å². The number of methoxy groups -OCH3 is 1. The molecule has 0 amide bonds. The first-order valence-corrected chi connectivity index (χ1v) is 4.59. The summed E-state index contributed by atoms with van der Waals surface area (Å²) in [4.78, 5) is 0. The smallest absolute Gasteiger partial charge is 0.102 e. The molecule has 1 fully saturated rings. The Morgan fingerprint density at radius 1 is 1.17 bits per heavy atom. The van der Waals surface area contributed by atoms with Crippen LogP contribution in [0.2, 0.25) is 0 Å². The Kier molecular flexibility index (Phi) is 5.89. The van der Waals surface area contributed by atoms with Gasteiger partial charge in [-0.05, 0) is 19.3 Å². The number of hydrogen-bond donors (Lipinski definition) is 0. The maximum Gasteiger partial charge on any atom is 0.102 e. The molecule has 0 unspecified atom stereocenters. The highest BCUT2D eigenvalue weighted by Gasteiger charge is 2.23. The minimum Gasteiger partial charge on any atom is -1.00 e. The fraction of sp³-hybridized carbons (Fsp3) is 1.00. The number of hydrogen-bond acceptors (Lipinski definition) is 1. The van der Waals surface area contributed by atoms with Crippen LogP contribution in [0.15, 0.2) is 0 Å². The molecular weight excluding hydrogens is 174 g/mol. The minimum absolute atomic E-state index is 0. The van der Waals surface area contributed by atoms with E-state index < -0.39 is 0 Å². The zero-order chi connectivity index (χ0) is 8.16. The predicted octanol–water partition coefficient (Wildman–Crippen LogP) is -1.73. The standard InChI is InChI=1S/C9H20NO.ClH/c1-10(8-9-11-2)6-4-3-5-7-10;/h3-9H2,1-2H3;1H/q+1;/p-1. The van der Waals surface area contributed by atoms with Crippen LogP contribution >= 0.6 is 0 Å². The van der Waals surface area contributed by atoms with Gasteiger partial charge in [-0.2, -0.15) is 0 Å². The zero-order valence-electron chi connectivity index (χ0n) is 8.18. The van der Waals surface area contributed by atoms with Gasteiger partial charge in [0.05, 0.1) is 26.7 Å². The van der Waals surface area contributed by atoms with E-state index in [1.165, 1.54) is 43.4 Å². The monoisotopic (exact) mass is 193 g/mol. The van der Waals surface area contributed by atoms with Gasteiger partial charge in [0.1, 0.15) is 6.54 Å². The van der Waals surface area contributed by atoms with E-state index in [9.17, 15) is 0 Å². The second-order valence-electron chi connectivity index (χ2n) is 3.84. The molecule has 3 heteroatoms. The molecule has 1 heterocycles. The van der Waals surface area contributed by atoms with E-state index in [0.717, 1.165) is 6.61 Å². The third kappa shape index (κ3) is 3.74. The van der Waals surface area contributed by atoms with Gasteiger partial charge < -0.3 is 21.6 Å². The summed E-state index contributed by atoms with van der Waals surface area (Å²) in [6.45, 7) is 4.81. The average Bonchev–Trinajstić information content (AvgIpc) is 2.03. The van der Waals surface area contributed by atoms with Crippen molar-refractivity contribution in [3.63, 3.8) is 0 Å². The summed E-state index contributed by atoms with van der Waals surface area (Å²) in [5, 5.41) is 0. The molecule has 1 saturated heterocycles. The van der Waals surface area contributed by atoms with E-state index >= 15 is 0 Å². The summed E-state index contributed by atoms with van der Waals surface area (Å²) in [5.74, 6) is 0. The molecule has 0 aromatic carbocycles. The number of likely N-dealkylation sites (N-methyl/N-ethyl adjacent to an activating group) is 1. The van der Waals surface area contributed by atoms with Gasteiger partial charge in [-0.3, -0.25) is 0 Å². The van der Waals surface area contributed by atoms with Crippen molar-refractivity contribution in [1.82, 2.24) is 0 Å². The molecule has 0 radical (unpaired) electrons. The van der Waals surface area contributed by atoms with Crippen LogP contribution in [0.1, 0.15) is 19.3 Å². The lowest BCUT2D eigenvalue weighted by Crippen LogP contribution is -3.00. The molecule has 0 spiro atoms. The van der Waals surface area contributed by atoms with Crippen molar-refractivity contribution < 1.29 is 21.6 Å². The van der Waals surface area contributed by atoms with E-state index in [4.69, 9.17) is 4.74 Å². The lowest BCUT2D eigenvalue weighted by Gasteiger charge is -2.37. The van der Waals surface area contributed by atoms with E-state index in [2.05, 4.69) is 7.05 Å². The number of halogens is 1. The van der Waals surface area contributed by atoms with Crippen LogP contribution < -0.4 is 12.4 Å². The second kappa shape index (κ2) is 5.79. The van der Waals surface area contributed by atoms with Crippen molar-refractivity contribution >= 4 is 0 Å². The highest BCUT2D eigenvalue weighted by molar-refractivity contribution is 4.51. The van der Waals surface area contributed by atoms with E-state index in [-0.39, 0.29) is 12.4 Å². The first kappa shape index (κ1) is 12.2. The maximum atomic E-state index is 5.09. The van der Waals surface area contributed by atoms with Crippen molar-refractivity contribution in [3.05, 3.63) is 0 Å². The topological polar surface area (TPSA) is 9.23 Å². The van der Waals surface area contributed by atoms with Crippen molar-refractivity contribution in [1.29, 1.82) is 0 Å². The quantitative estimate of drug-likeness (QED) is 0.484. The Bertz CT molecular complexity index is 113. The van der Waals surface area contributed by atoms with Crippen LogP contribution in [0.4, 0.5) is 0 Å². The summed E-state index contributed by atoms with van der Waals surface area (Å²) in [6.07, 6.45) is 4.24. The minimum atomic E-state index is 0. The molecule has 74 valence electrons. The Morgan fingerprint density at radius 3 is 2.25 bits per heavy atom. The molecule has 0 saturated carbocycles. The fourth-order valence-corrected chi connectivity index (χ4v) is 1.81. The lowest BCUT2D eigenvalue weighted by atomic mass is 10.1. The molecule has 0 N–H and O–H groups in total. The van der Waals surface area contributed by atoms with E-state index in [1.54, 1.807) is 7.11 Å². The van der Waals surface area contributed by atoms with Gasteiger partial charge in [0, 0.05) is 7.11 Å². The summed E-state index contributed by atoms with van der Waals surface area (Å²) in [5.41, 5.74) is 0. The Morgan fingerprint density at radius 2 is 1.75 bits per heavy atom. The predicted molar refractivity (Wildman–Crippen MR) is 46.5 cm³/mol. The largest absolute Gasteiger partial charge is 1.00 e. The molecule has 1 aliphatic rings. The van der Waals surface area contributed by atoms with Crippen LogP contribution in [0.3, 0.4) is 0 Å². The number of piperidine rings is 1. The number of rotatable bonds is 3. The second-order valence-corrected chi connectivity index (χ2v) is 3.84. The Balaban J connectivity index is 0.00000121. The van der Waals surface area contributed by atoms with Crippen LogP contribution in [0, 0.1) is 0 Å². The number of likely N-dealkylation sites (tertiary alicyclic amines) is 1.